The Hall–Kier alpha value is -1.42. The van der Waals surface area contributed by atoms with Crippen molar-refractivity contribution in [3.8, 4) is 0 Å². The monoisotopic (exact) mass is 306 g/mol. The molecule has 0 radical (unpaired) electrons. The standard InChI is InChI=1S/C17H26N2OS/c1-5-9-17(10-6-2,15(18)21)16(20)19-14-8-7-12(3)13(4)11-14/h7-8,11H,5-6,9-10H2,1-4H3,(H2,18,21)(H,19,20). The van der Waals surface area contributed by atoms with E-state index in [9.17, 15) is 4.79 Å². The minimum absolute atomic E-state index is 0.0815. The summed E-state index contributed by atoms with van der Waals surface area (Å²) in [6.07, 6.45) is 3.12. The first kappa shape index (κ1) is 17.6. The first-order valence-corrected chi connectivity index (χ1v) is 7.96. The van der Waals surface area contributed by atoms with Crippen LogP contribution in [0, 0.1) is 19.3 Å². The predicted molar refractivity (Wildman–Crippen MR) is 93.6 cm³/mol. The molecule has 0 saturated heterocycles. The number of benzene rings is 1. The Balaban J connectivity index is 3.04. The van der Waals surface area contributed by atoms with Gasteiger partial charge in [0.15, 0.2) is 0 Å². The van der Waals surface area contributed by atoms with Gasteiger partial charge in [-0.15, -0.1) is 0 Å². The number of nitrogens with two attached hydrogens (primary N) is 1. The summed E-state index contributed by atoms with van der Waals surface area (Å²) < 4.78 is 0. The van der Waals surface area contributed by atoms with E-state index >= 15 is 0 Å². The lowest BCUT2D eigenvalue weighted by Gasteiger charge is -2.31. The molecule has 0 aliphatic carbocycles. The molecular formula is C17H26N2OS. The van der Waals surface area contributed by atoms with Crippen LogP contribution < -0.4 is 11.1 Å². The summed E-state index contributed by atoms with van der Waals surface area (Å²) >= 11 is 5.22. The van der Waals surface area contributed by atoms with Crippen molar-refractivity contribution >= 4 is 28.8 Å². The third-order valence-corrected chi connectivity index (χ3v) is 4.42. The molecule has 1 amide bonds. The number of carbonyl (C=O) groups excluding carboxylic acids is 1. The molecule has 116 valence electrons. The number of thiocarbonyl (C=S) groups is 1. The smallest absolute Gasteiger partial charge is 0.237 e. The number of hydrogen-bond acceptors (Lipinski definition) is 2. The molecule has 3 N–H and O–H groups in total. The first-order chi connectivity index (χ1) is 9.87. The van der Waals surface area contributed by atoms with Crippen LogP contribution >= 0.6 is 12.2 Å². The highest BCUT2D eigenvalue weighted by Gasteiger charge is 2.39. The summed E-state index contributed by atoms with van der Waals surface area (Å²) in [5, 5.41) is 3.00. The zero-order valence-corrected chi connectivity index (χ0v) is 14.3. The lowest BCUT2D eigenvalue weighted by Crippen LogP contribution is -2.46. The van der Waals surface area contributed by atoms with Gasteiger partial charge in [0.25, 0.3) is 0 Å². The summed E-state index contributed by atoms with van der Waals surface area (Å²) in [5.74, 6) is -0.0815. The van der Waals surface area contributed by atoms with Gasteiger partial charge in [0.2, 0.25) is 5.91 Å². The molecular weight excluding hydrogens is 280 g/mol. The van der Waals surface area contributed by atoms with E-state index in [4.69, 9.17) is 18.0 Å². The number of anilines is 1. The van der Waals surface area contributed by atoms with Crippen molar-refractivity contribution in [1.82, 2.24) is 0 Å². The van der Waals surface area contributed by atoms with E-state index in [1.165, 1.54) is 5.56 Å². The van der Waals surface area contributed by atoms with E-state index in [2.05, 4.69) is 12.2 Å². The Morgan fingerprint density at radius 3 is 2.19 bits per heavy atom. The Bertz CT molecular complexity index is 520. The molecule has 0 atom stereocenters. The Morgan fingerprint density at radius 2 is 1.76 bits per heavy atom. The van der Waals surface area contributed by atoms with Gasteiger partial charge in [-0.3, -0.25) is 4.79 Å². The Morgan fingerprint density at radius 1 is 1.19 bits per heavy atom. The molecule has 0 aromatic heterocycles. The van der Waals surface area contributed by atoms with Crippen LogP contribution in [-0.2, 0) is 4.79 Å². The van der Waals surface area contributed by atoms with Gasteiger partial charge in [0, 0.05) is 5.69 Å². The van der Waals surface area contributed by atoms with Gasteiger partial charge in [-0.2, -0.15) is 0 Å². The van der Waals surface area contributed by atoms with Crippen molar-refractivity contribution < 1.29 is 4.79 Å². The van der Waals surface area contributed by atoms with Gasteiger partial charge in [-0.1, -0.05) is 45.0 Å². The number of amides is 1. The van der Waals surface area contributed by atoms with Crippen molar-refractivity contribution in [3.63, 3.8) is 0 Å². The molecule has 0 fully saturated rings. The number of aryl methyl sites for hydroxylation is 2. The third-order valence-electron chi connectivity index (χ3n) is 4.02. The molecule has 0 saturated carbocycles. The topological polar surface area (TPSA) is 55.1 Å². The maximum Gasteiger partial charge on any atom is 0.237 e. The van der Waals surface area contributed by atoms with Crippen LogP contribution in [0.25, 0.3) is 0 Å². The normalized spacial score (nSPS) is 11.2. The second-order valence-corrected chi connectivity index (χ2v) is 6.14. The number of hydrogen-bond donors (Lipinski definition) is 2. The average molecular weight is 306 g/mol. The summed E-state index contributed by atoms with van der Waals surface area (Å²) in [6, 6.07) is 5.91. The quantitative estimate of drug-likeness (QED) is 0.745. The molecule has 1 aromatic rings. The zero-order chi connectivity index (χ0) is 16.0. The fraction of sp³-hybridized carbons (Fsp3) is 0.529. The van der Waals surface area contributed by atoms with E-state index in [-0.39, 0.29) is 5.91 Å². The molecule has 0 heterocycles. The van der Waals surface area contributed by atoms with Crippen LogP contribution in [0.4, 0.5) is 5.69 Å². The van der Waals surface area contributed by atoms with Crippen molar-refractivity contribution in [2.45, 2.75) is 53.4 Å². The second-order valence-electron chi connectivity index (χ2n) is 5.70. The highest BCUT2D eigenvalue weighted by molar-refractivity contribution is 7.80. The van der Waals surface area contributed by atoms with E-state index in [0.717, 1.165) is 24.1 Å². The zero-order valence-electron chi connectivity index (χ0n) is 13.5. The fourth-order valence-electron chi connectivity index (χ4n) is 2.63. The molecule has 4 heteroatoms. The van der Waals surface area contributed by atoms with Crippen LogP contribution in [0.5, 0.6) is 0 Å². The van der Waals surface area contributed by atoms with Crippen LogP contribution in [0.2, 0.25) is 0 Å². The van der Waals surface area contributed by atoms with Gasteiger partial charge < -0.3 is 11.1 Å². The highest BCUT2D eigenvalue weighted by atomic mass is 32.1. The lowest BCUT2D eigenvalue weighted by atomic mass is 9.78. The third kappa shape index (κ3) is 4.03. The summed E-state index contributed by atoms with van der Waals surface area (Å²) in [5.41, 5.74) is 8.34. The lowest BCUT2D eigenvalue weighted by molar-refractivity contribution is -0.122. The van der Waals surface area contributed by atoms with Gasteiger partial charge in [-0.25, -0.2) is 0 Å². The van der Waals surface area contributed by atoms with Crippen LogP contribution in [0.3, 0.4) is 0 Å². The second kappa shape index (κ2) is 7.55. The Labute approximate surface area is 133 Å². The van der Waals surface area contributed by atoms with E-state index in [1.54, 1.807) is 0 Å². The molecule has 3 nitrogen and oxygen atoms in total. The van der Waals surface area contributed by atoms with Gasteiger partial charge >= 0.3 is 0 Å². The Kier molecular flexibility index (Phi) is 6.34. The van der Waals surface area contributed by atoms with E-state index < -0.39 is 5.41 Å². The molecule has 0 aliphatic heterocycles. The van der Waals surface area contributed by atoms with Crippen LogP contribution in [0.1, 0.15) is 50.7 Å². The molecule has 0 spiro atoms. The number of nitrogens with one attached hydrogen (secondary N) is 1. The number of rotatable bonds is 7. The molecule has 1 aromatic carbocycles. The van der Waals surface area contributed by atoms with Crippen molar-refractivity contribution in [1.29, 1.82) is 0 Å². The van der Waals surface area contributed by atoms with Crippen molar-refractivity contribution in [2.24, 2.45) is 11.1 Å². The first-order valence-electron chi connectivity index (χ1n) is 7.56. The molecule has 0 aliphatic rings. The van der Waals surface area contributed by atoms with Gasteiger partial charge in [0.05, 0.1) is 10.4 Å². The molecule has 0 unspecified atom stereocenters. The van der Waals surface area contributed by atoms with E-state index in [1.807, 2.05) is 39.0 Å². The van der Waals surface area contributed by atoms with Crippen LogP contribution in [0.15, 0.2) is 18.2 Å². The maximum absolute atomic E-state index is 12.8. The molecule has 21 heavy (non-hydrogen) atoms. The van der Waals surface area contributed by atoms with E-state index in [0.29, 0.717) is 17.8 Å². The summed E-state index contributed by atoms with van der Waals surface area (Å²) in [4.78, 5) is 13.1. The summed E-state index contributed by atoms with van der Waals surface area (Å²) in [6.45, 7) is 8.18. The molecule has 1 rings (SSSR count). The van der Waals surface area contributed by atoms with Crippen molar-refractivity contribution in [2.75, 3.05) is 5.32 Å². The SMILES string of the molecule is CCCC(CCC)(C(=O)Nc1ccc(C)c(C)c1)C(N)=S. The minimum Gasteiger partial charge on any atom is -0.392 e. The number of carbonyl (C=O) groups is 1. The highest BCUT2D eigenvalue weighted by Crippen LogP contribution is 2.32. The van der Waals surface area contributed by atoms with Crippen molar-refractivity contribution in [3.05, 3.63) is 29.3 Å². The fourth-order valence-corrected chi connectivity index (χ4v) is 2.93. The van der Waals surface area contributed by atoms with Gasteiger partial charge in [-0.05, 0) is 49.9 Å². The predicted octanol–water partition coefficient (Wildman–Crippen LogP) is 4.11. The maximum atomic E-state index is 12.8. The van der Waals surface area contributed by atoms with Crippen LogP contribution in [-0.4, -0.2) is 10.9 Å². The van der Waals surface area contributed by atoms with Gasteiger partial charge in [0.1, 0.15) is 0 Å². The summed E-state index contributed by atoms with van der Waals surface area (Å²) in [7, 11) is 0. The average Bonchev–Trinajstić information content (AvgIpc) is 2.42. The minimum atomic E-state index is -0.738. The largest absolute Gasteiger partial charge is 0.392 e. The molecule has 0 bridgehead atoms.